The maximum Gasteiger partial charge on any atom is 0.275 e. The van der Waals surface area contributed by atoms with Gasteiger partial charge in [-0.05, 0) is 6.42 Å². The molecule has 0 aromatic rings. The summed E-state index contributed by atoms with van der Waals surface area (Å²) in [6, 6.07) is 0. The first-order chi connectivity index (χ1) is 5.95. The van der Waals surface area contributed by atoms with Gasteiger partial charge in [0, 0.05) is 20.3 Å². The van der Waals surface area contributed by atoms with Crippen molar-refractivity contribution in [2.24, 2.45) is 0 Å². The number of hydrogen-bond acceptors (Lipinski definition) is 2. The lowest BCUT2D eigenvalue weighted by atomic mass is 10.4. The highest BCUT2D eigenvalue weighted by Gasteiger charge is 2.12. The Morgan fingerprint density at radius 1 is 1.38 bits per heavy atom. The van der Waals surface area contributed by atoms with Gasteiger partial charge in [0.15, 0.2) is 6.54 Å². The molecule has 0 spiro atoms. The molecule has 0 atom stereocenters. The molecule has 0 aromatic heterocycles. The summed E-state index contributed by atoms with van der Waals surface area (Å²) < 4.78 is 5.53. The Bertz CT molecular complexity index is 152. The van der Waals surface area contributed by atoms with E-state index in [0.717, 1.165) is 6.42 Å². The molecule has 78 valence electrons. The molecule has 0 aromatic carbocycles. The van der Waals surface area contributed by atoms with E-state index in [0.29, 0.717) is 24.2 Å². The Kier molecular flexibility index (Phi) is 5.66. The average Bonchev–Trinajstić information content (AvgIpc) is 1.94. The summed E-state index contributed by atoms with van der Waals surface area (Å²) in [4.78, 5) is 11.3. The third-order valence-corrected chi connectivity index (χ3v) is 1.47. The number of nitrogens with one attached hydrogen (secondary N) is 1. The summed E-state index contributed by atoms with van der Waals surface area (Å²) >= 11 is 0. The van der Waals surface area contributed by atoms with Crippen LogP contribution in [-0.2, 0) is 9.53 Å². The molecule has 0 bridgehead atoms. The van der Waals surface area contributed by atoms with Gasteiger partial charge in [0.25, 0.3) is 5.91 Å². The van der Waals surface area contributed by atoms with Gasteiger partial charge in [0.05, 0.1) is 21.1 Å². The SMILES string of the molecule is COCCCNC(=O)C[N+](C)(C)C. The number of amides is 1. The highest BCUT2D eigenvalue weighted by molar-refractivity contribution is 5.76. The first-order valence-electron chi connectivity index (χ1n) is 4.52. The number of carbonyl (C=O) groups excluding carboxylic acids is 1. The largest absolute Gasteiger partial charge is 0.385 e. The molecule has 0 rings (SSSR count). The van der Waals surface area contributed by atoms with Gasteiger partial charge in [-0.2, -0.15) is 0 Å². The van der Waals surface area contributed by atoms with Crippen LogP contribution in [-0.4, -0.2) is 58.3 Å². The quantitative estimate of drug-likeness (QED) is 0.466. The summed E-state index contributed by atoms with van der Waals surface area (Å²) in [5, 5.41) is 2.84. The molecule has 0 heterocycles. The predicted octanol–water partition coefficient (Wildman–Crippen LogP) is -0.155. The van der Waals surface area contributed by atoms with Crippen LogP contribution in [0.25, 0.3) is 0 Å². The standard InChI is InChI=1S/C9H20N2O2/c1-11(2,3)8-9(12)10-6-5-7-13-4/h5-8H2,1-4H3/p+1. The topological polar surface area (TPSA) is 38.3 Å². The van der Waals surface area contributed by atoms with Gasteiger partial charge in [-0.3, -0.25) is 4.79 Å². The number of rotatable bonds is 6. The average molecular weight is 189 g/mol. The van der Waals surface area contributed by atoms with E-state index < -0.39 is 0 Å². The van der Waals surface area contributed by atoms with Crippen molar-refractivity contribution in [2.75, 3.05) is 47.9 Å². The Morgan fingerprint density at radius 2 is 2.00 bits per heavy atom. The lowest BCUT2D eigenvalue weighted by Gasteiger charge is -2.22. The van der Waals surface area contributed by atoms with Gasteiger partial charge in [0.2, 0.25) is 0 Å². The number of ether oxygens (including phenoxy) is 1. The van der Waals surface area contributed by atoms with Crippen LogP contribution in [0.1, 0.15) is 6.42 Å². The van der Waals surface area contributed by atoms with Crippen LogP contribution in [0, 0.1) is 0 Å². The van der Waals surface area contributed by atoms with Gasteiger partial charge in [-0.15, -0.1) is 0 Å². The molecule has 1 amide bonds. The van der Waals surface area contributed by atoms with Crippen LogP contribution in [0.3, 0.4) is 0 Å². The molecule has 4 nitrogen and oxygen atoms in total. The van der Waals surface area contributed by atoms with Crippen LogP contribution < -0.4 is 5.32 Å². The Morgan fingerprint density at radius 3 is 2.46 bits per heavy atom. The number of likely N-dealkylation sites (N-methyl/N-ethyl adjacent to an activating group) is 1. The van der Waals surface area contributed by atoms with Crippen LogP contribution >= 0.6 is 0 Å². The molecule has 0 aliphatic heterocycles. The predicted molar refractivity (Wildman–Crippen MR) is 52.4 cm³/mol. The molecule has 0 aliphatic rings. The van der Waals surface area contributed by atoms with Crippen LogP contribution in [0.2, 0.25) is 0 Å². The summed E-state index contributed by atoms with van der Waals surface area (Å²) in [5.74, 6) is 0.101. The molecule has 0 saturated carbocycles. The minimum absolute atomic E-state index is 0.101. The second-order valence-corrected chi connectivity index (χ2v) is 4.14. The fourth-order valence-electron chi connectivity index (χ4n) is 0.931. The van der Waals surface area contributed by atoms with Crippen molar-refractivity contribution in [1.82, 2.24) is 5.32 Å². The minimum Gasteiger partial charge on any atom is -0.385 e. The van der Waals surface area contributed by atoms with E-state index in [9.17, 15) is 4.79 Å². The first kappa shape index (κ1) is 12.4. The third kappa shape index (κ3) is 9.30. The monoisotopic (exact) mass is 189 g/mol. The Labute approximate surface area is 80.5 Å². The van der Waals surface area contributed by atoms with Crippen molar-refractivity contribution in [1.29, 1.82) is 0 Å². The van der Waals surface area contributed by atoms with Gasteiger partial charge in [-0.1, -0.05) is 0 Å². The molecule has 1 N–H and O–H groups in total. The number of hydrogen-bond donors (Lipinski definition) is 1. The van der Waals surface area contributed by atoms with Crippen LogP contribution in [0.5, 0.6) is 0 Å². The van der Waals surface area contributed by atoms with Crippen molar-refractivity contribution in [3.8, 4) is 0 Å². The fourth-order valence-corrected chi connectivity index (χ4v) is 0.931. The fraction of sp³-hybridized carbons (Fsp3) is 0.889. The van der Waals surface area contributed by atoms with E-state index in [-0.39, 0.29) is 5.91 Å². The zero-order valence-corrected chi connectivity index (χ0v) is 9.09. The normalized spacial score (nSPS) is 11.4. The summed E-state index contributed by atoms with van der Waals surface area (Å²) in [5.41, 5.74) is 0. The smallest absolute Gasteiger partial charge is 0.275 e. The highest BCUT2D eigenvalue weighted by atomic mass is 16.5. The van der Waals surface area contributed by atoms with Crippen molar-refractivity contribution in [3.05, 3.63) is 0 Å². The lowest BCUT2D eigenvalue weighted by molar-refractivity contribution is -0.862. The third-order valence-electron chi connectivity index (χ3n) is 1.47. The molecule has 0 unspecified atom stereocenters. The maximum absolute atomic E-state index is 11.3. The van der Waals surface area contributed by atoms with Gasteiger partial charge < -0.3 is 14.5 Å². The van der Waals surface area contributed by atoms with Gasteiger partial charge in [0.1, 0.15) is 0 Å². The molecule has 0 aliphatic carbocycles. The van der Waals surface area contributed by atoms with E-state index in [1.54, 1.807) is 7.11 Å². The molecule has 0 saturated heterocycles. The summed E-state index contributed by atoms with van der Waals surface area (Å²) in [6.07, 6.45) is 0.874. The molecule has 13 heavy (non-hydrogen) atoms. The molecule has 4 heteroatoms. The van der Waals surface area contributed by atoms with E-state index in [1.807, 2.05) is 21.1 Å². The van der Waals surface area contributed by atoms with Gasteiger partial charge >= 0.3 is 0 Å². The first-order valence-corrected chi connectivity index (χ1v) is 4.52. The number of nitrogens with zero attached hydrogens (tertiary/aromatic N) is 1. The van der Waals surface area contributed by atoms with E-state index in [2.05, 4.69) is 5.32 Å². The van der Waals surface area contributed by atoms with Crippen LogP contribution in [0.15, 0.2) is 0 Å². The van der Waals surface area contributed by atoms with E-state index >= 15 is 0 Å². The zero-order valence-electron chi connectivity index (χ0n) is 9.09. The second kappa shape index (κ2) is 5.94. The van der Waals surface area contributed by atoms with Crippen molar-refractivity contribution in [3.63, 3.8) is 0 Å². The van der Waals surface area contributed by atoms with Crippen LogP contribution in [0.4, 0.5) is 0 Å². The van der Waals surface area contributed by atoms with E-state index in [4.69, 9.17) is 4.74 Å². The zero-order chi connectivity index (χ0) is 10.3. The Hall–Kier alpha value is -0.610. The van der Waals surface area contributed by atoms with Crippen molar-refractivity contribution < 1.29 is 14.0 Å². The molecule has 0 fully saturated rings. The highest BCUT2D eigenvalue weighted by Crippen LogP contribution is 1.88. The molecular weight excluding hydrogens is 168 g/mol. The van der Waals surface area contributed by atoms with Crippen molar-refractivity contribution in [2.45, 2.75) is 6.42 Å². The molecular formula is C9H21N2O2+. The summed E-state index contributed by atoms with van der Waals surface area (Å²) in [6.45, 7) is 1.92. The lowest BCUT2D eigenvalue weighted by Crippen LogP contribution is -2.44. The number of quaternary nitrogens is 1. The molecule has 0 radical (unpaired) electrons. The minimum atomic E-state index is 0.101. The second-order valence-electron chi connectivity index (χ2n) is 4.14. The van der Waals surface area contributed by atoms with E-state index in [1.165, 1.54) is 0 Å². The number of carbonyl (C=O) groups is 1. The maximum atomic E-state index is 11.3. The number of methoxy groups -OCH3 is 1. The van der Waals surface area contributed by atoms with Crippen molar-refractivity contribution >= 4 is 5.91 Å². The Balaban J connectivity index is 3.41. The van der Waals surface area contributed by atoms with Gasteiger partial charge in [-0.25, -0.2) is 0 Å². The summed E-state index contributed by atoms with van der Waals surface area (Å²) in [7, 11) is 7.64.